The predicted molar refractivity (Wildman–Crippen MR) is 53.2 cm³/mol. The van der Waals surface area contributed by atoms with Gasteiger partial charge < -0.3 is 10.2 Å². The lowest BCUT2D eigenvalue weighted by Crippen LogP contribution is -2.08. The molecule has 3 heteroatoms. The van der Waals surface area contributed by atoms with Gasteiger partial charge in [0.25, 0.3) is 0 Å². The van der Waals surface area contributed by atoms with Gasteiger partial charge in [0.05, 0.1) is 0 Å². The first kappa shape index (κ1) is 10.7. The van der Waals surface area contributed by atoms with Crippen LogP contribution >= 0.6 is 0 Å². The third-order valence-corrected chi connectivity index (χ3v) is 2.17. The van der Waals surface area contributed by atoms with Crippen LogP contribution in [0.1, 0.15) is 24.8 Å². The number of hydrogen-bond acceptors (Lipinski definition) is 3. The molecule has 2 N–H and O–H groups in total. The van der Waals surface area contributed by atoms with Crippen LogP contribution in [0.2, 0.25) is 0 Å². The van der Waals surface area contributed by atoms with Crippen LogP contribution in [0.3, 0.4) is 0 Å². The Balaban J connectivity index is 2.65. The molecule has 1 rings (SSSR count). The quantitative estimate of drug-likeness (QED) is 0.762. The Kier molecular flexibility index (Phi) is 3.65. The highest BCUT2D eigenvalue weighted by Crippen LogP contribution is 2.21. The van der Waals surface area contributed by atoms with Crippen LogP contribution in [0, 0.1) is 0 Å². The fraction of sp³-hybridized carbons (Fsp3) is 0.364. The monoisotopic (exact) mass is 194 g/mol. The van der Waals surface area contributed by atoms with E-state index >= 15 is 0 Å². The zero-order chi connectivity index (χ0) is 10.6. The summed E-state index contributed by atoms with van der Waals surface area (Å²) in [5.41, 5.74) is 0.990. The van der Waals surface area contributed by atoms with E-state index in [1.54, 1.807) is 24.3 Å². The van der Waals surface area contributed by atoms with E-state index in [4.69, 9.17) is 10.2 Å². The Morgan fingerprint density at radius 2 is 1.93 bits per heavy atom. The van der Waals surface area contributed by atoms with Crippen molar-refractivity contribution >= 4 is 5.78 Å². The van der Waals surface area contributed by atoms with Gasteiger partial charge in [0.2, 0.25) is 0 Å². The molecular formula is C11H14O3. The number of aliphatic hydroxyl groups excluding tert-OH is 1. The lowest BCUT2D eigenvalue weighted by Gasteiger charge is -2.09. The molecule has 0 bridgehead atoms. The third kappa shape index (κ3) is 2.85. The fourth-order valence-electron chi connectivity index (χ4n) is 1.33. The van der Waals surface area contributed by atoms with Crippen LogP contribution in [-0.4, -0.2) is 22.6 Å². The van der Waals surface area contributed by atoms with Crippen molar-refractivity contribution in [2.45, 2.75) is 19.3 Å². The molecular weight excluding hydrogens is 180 g/mol. The van der Waals surface area contributed by atoms with E-state index in [1.165, 1.54) is 0 Å². The smallest absolute Gasteiger partial charge is 0.158 e. The van der Waals surface area contributed by atoms with Crippen LogP contribution in [0.4, 0.5) is 0 Å². The topological polar surface area (TPSA) is 57.5 Å². The van der Waals surface area contributed by atoms with E-state index in [1.807, 2.05) is 6.92 Å². The molecule has 1 atom stereocenters. The Labute approximate surface area is 83.0 Å². The number of aromatic hydroxyl groups is 1. The molecule has 0 amide bonds. The zero-order valence-electron chi connectivity index (χ0n) is 8.10. The summed E-state index contributed by atoms with van der Waals surface area (Å²) in [6.45, 7) is 1.52. The summed E-state index contributed by atoms with van der Waals surface area (Å²) in [6, 6.07) is 6.75. The van der Waals surface area contributed by atoms with Gasteiger partial charge in [0.1, 0.15) is 12.4 Å². The average Bonchev–Trinajstić information content (AvgIpc) is 2.18. The van der Waals surface area contributed by atoms with Gasteiger partial charge in [-0.25, -0.2) is 0 Å². The number of Topliss-reactive ketones (excluding diaryl/α,β-unsaturated/α-hetero) is 1. The van der Waals surface area contributed by atoms with E-state index in [9.17, 15) is 4.79 Å². The maximum atomic E-state index is 11.0. The molecule has 0 aliphatic carbocycles. The van der Waals surface area contributed by atoms with E-state index in [-0.39, 0.29) is 17.5 Å². The Morgan fingerprint density at radius 3 is 2.43 bits per heavy atom. The molecule has 1 unspecified atom stereocenters. The van der Waals surface area contributed by atoms with Crippen molar-refractivity contribution in [1.29, 1.82) is 0 Å². The third-order valence-electron chi connectivity index (χ3n) is 2.17. The summed E-state index contributed by atoms with van der Waals surface area (Å²) in [4.78, 5) is 11.0. The van der Waals surface area contributed by atoms with Gasteiger partial charge in [-0.2, -0.15) is 0 Å². The number of hydrogen-bond donors (Lipinski definition) is 2. The average molecular weight is 194 g/mol. The highest BCUT2D eigenvalue weighted by molar-refractivity contribution is 5.80. The van der Waals surface area contributed by atoms with Gasteiger partial charge in [-0.3, -0.25) is 4.79 Å². The number of carbonyl (C=O) groups excluding carboxylic acids is 1. The molecule has 1 aromatic rings. The van der Waals surface area contributed by atoms with E-state index in [2.05, 4.69) is 0 Å². The maximum Gasteiger partial charge on any atom is 0.158 e. The molecule has 0 saturated carbocycles. The van der Waals surface area contributed by atoms with Gasteiger partial charge in [0.15, 0.2) is 5.78 Å². The highest BCUT2D eigenvalue weighted by atomic mass is 16.3. The lowest BCUT2D eigenvalue weighted by molar-refractivity contribution is -0.122. The second-order valence-corrected chi connectivity index (χ2v) is 3.39. The molecule has 0 heterocycles. The van der Waals surface area contributed by atoms with Crippen LogP contribution in [-0.2, 0) is 4.79 Å². The highest BCUT2D eigenvalue weighted by Gasteiger charge is 2.09. The molecule has 0 spiro atoms. The minimum Gasteiger partial charge on any atom is -0.508 e. The van der Waals surface area contributed by atoms with Crippen molar-refractivity contribution in [3.05, 3.63) is 29.8 Å². The number of phenolic OH excluding ortho intramolecular Hbond substituents is 1. The second-order valence-electron chi connectivity index (χ2n) is 3.39. The molecule has 76 valence electrons. The van der Waals surface area contributed by atoms with Crippen molar-refractivity contribution in [2.24, 2.45) is 0 Å². The summed E-state index contributed by atoms with van der Waals surface area (Å²) in [5, 5.41) is 17.6. The van der Waals surface area contributed by atoms with Gasteiger partial charge in [-0.1, -0.05) is 19.1 Å². The van der Waals surface area contributed by atoms with Gasteiger partial charge in [-0.05, 0) is 23.6 Å². The summed E-state index contributed by atoms with van der Waals surface area (Å²) in [6.07, 6.45) is 0.335. The maximum absolute atomic E-state index is 11.0. The fourth-order valence-corrected chi connectivity index (χ4v) is 1.33. The minimum absolute atomic E-state index is 0.0789. The van der Waals surface area contributed by atoms with Crippen molar-refractivity contribution in [3.63, 3.8) is 0 Å². The van der Waals surface area contributed by atoms with Crippen LogP contribution in [0.15, 0.2) is 24.3 Å². The summed E-state index contributed by atoms with van der Waals surface area (Å²) in [5.74, 6) is 0.134. The number of benzene rings is 1. The molecule has 14 heavy (non-hydrogen) atoms. The van der Waals surface area contributed by atoms with Crippen molar-refractivity contribution in [3.8, 4) is 5.75 Å². The molecule has 0 fully saturated rings. The first-order valence-corrected chi connectivity index (χ1v) is 4.55. The molecule has 0 saturated heterocycles. The van der Waals surface area contributed by atoms with E-state index in [0.717, 1.165) is 5.56 Å². The number of phenols is 1. The standard InChI is InChI=1S/C11H14O3/c1-8(6-11(14)7-12)9-2-4-10(13)5-3-9/h2-5,8,12-13H,6-7H2,1H3. The van der Waals surface area contributed by atoms with E-state index in [0.29, 0.717) is 6.42 Å². The first-order valence-electron chi connectivity index (χ1n) is 4.55. The van der Waals surface area contributed by atoms with Gasteiger partial charge in [-0.15, -0.1) is 0 Å². The van der Waals surface area contributed by atoms with Crippen LogP contribution in [0.5, 0.6) is 5.75 Å². The largest absolute Gasteiger partial charge is 0.508 e. The SMILES string of the molecule is CC(CC(=O)CO)c1ccc(O)cc1. The van der Waals surface area contributed by atoms with Crippen LogP contribution < -0.4 is 0 Å². The van der Waals surface area contributed by atoms with Gasteiger partial charge >= 0.3 is 0 Å². The summed E-state index contributed by atoms with van der Waals surface area (Å²) < 4.78 is 0. The summed E-state index contributed by atoms with van der Waals surface area (Å²) >= 11 is 0. The molecule has 0 aliphatic heterocycles. The zero-order valence-corrected chi connectivity index (χ0v) is 8.10. The minimum atomic E-state index is -0.400. The number of ketones is 1. The first-order chi connectivity index (χ1) is 6.63. The molecule has 1 aromatic carbocycles. The normalized spacial score (nSPS) is 12.4. The molecule has 3 nitrogen and oxygen atoms in total. The number of aliphatic hydroxyl groups is 1. The number of rotatable bonds is 4. The molecule has 0 radical (unpaired) electrons. The van der Waals surface area contributed by atoms with E-state index < -0.39 is 6.61 Å². The van der Waals surface area contributed by atoms with Crippen molar-refractivity contribution in [2.75, 3.05) is 6.61 Å². The Hall–Kier alpha value is -1.35. The van der Waals surface area contributed by atoms with Gasteiger partial charge in [0, 0.05) is 6.42 Å². The molecule has 0 aromatic heterocycles. The number of carbonyl (C=O) groups is 1. The second kappa shape index (κ2) is 4.77. The van der Waals surface area contributed by atoms with Crippen LogP contribution in [0.25, 0.3) is 0 Å². The lowest BCUT2D eigenvalue weighted by atomic mass is 9.96. The Bertz CT molecular complexity index is 303. The molecule has 0 aliphatic rings. The summed E-state index contributed by atoms with van der Waals surface area (Å²) in [7, 11) is 0. The van der Waals surface area contributed by atoms with Crippen molar-refractivity contribution < 1.29 is 15.0 Å². The predicted octanol–water partition coefficient (Wildman–Crippen LogP) is 1.45. The Morgan fingerprint density at radius 1 is 1.36 bits per heavy atom. The van der Waals surface area contributed by atoms with Crippen molar-refractivity contribution in [1.82, 2.24) is 0 Å².